The van der Waals surface area contributed by atoms with Crippen LogP contribution in [0.1, 0.15) is 30.0 Å². The van der Waals surface area contributed by atoms with E-state index in [9.17, 15) is 4.79 Å². The zero-order chi connectivity index (χ0) is 17.1. The number of nitrogens with one attached hydrogen (secondary N) is 1. The molecule has 2 amide bonds. The van der Waals surface area contributed by atoms with Gasteiger partial charge >= 0.3 is 6.03 Å². The van der Waals surface area contributed by atoms with Crippen molar-refractivity contribution in [3.63, 3.8) is 0 Å². The summed E-state index contributed by atoms with van der Waals surface area (Å²) in [7, 11) is 1.65. The summed E-state index contributed by atoms with van der Waals surface area (Å²) in [5.74, 6) is 0.822. The molecule has 1 heterocycles. The van der Waals surface area contributed by atoms with E-state index < -0.39 is 0 Å². The summed E-state index contributed by atoms with van der Waals surface area (Å²) >= 11 is 6.04. The summed E-state index contributed by atoms with van der Waals surface area (Å²) in [5.41, 5.74) is 2.88. The van der Waals surface area contributed by atoms with Crippen LogP contribution < -0.4 is 10.1 Å². The Morgan fingerprint density at radius 2 is 2.00 bits per heavy atom. The number of halogens is 1. The maximum absolute atomic E-state index is 12.7. The lowest BCUT2D eigenvalue weighted by atomic mass is 10.0. The minimum Gasteiger partial charge on any atom is -0.497 e. The minimum absolute atomic E-state index is 0.0846. The van der Waals surface area contributed by atoms with Crippen LogP contribution in [0.25, 0.3) is 0 Å². The highest BCUT2D eigenvalue weighted by Crippen LogP contribution is 2.33. The molecule has 2 aromatic carbocycles. The zero-order valence-electron chi connectivity index (χ0n) is 13.9. The highest BCUT2D eigenvalue weighted by atomic mass is 35.5. The Kier molecular flexibility index (Phi) is 4.95. The molecule has 24 heavy (non-hydrogen) atoms. The van der Waals surface area contributed by atoms with Crippen LogP contribution >= 0.6 is 11.6 Å². The lowest BCUT2D eigenvalue weighted by Crippen LogP contribution is -2.34. The summed E-state index contributed by atoms with van der Waals surface area (Å²) in [6.07, 6.45) is 1.97. The first-order valence-corrected chi connectivity index (χ1v) is 8.44. The molecular formula is C19H21ClN2O2. The Morgan fingerprint density at radius 1 is 1.25 bits per heavy atom. The average Bonchev–Trinajstić information content (AvgIpc) is 3.08. The van der Waals surface area contributed by atoms with Crippen LogP contribution in [0, 0.1) is 6.92 Å². The second-order valence-electron chi connectivity index (χ2n) is 6.01. The molecule has 1 aliphatic heterocycles. The fraction of sp³-hybridized carbons (Fsp3) is 0.316. The number of nitrogens with zero attached hydrogens (tertiary/aromatic N) is 1. The van der Waals surface area contributed by atoms with E-state index in [1.807, 2.05) is 48.2 Å². The smallest absolute Gasteiger partial charge is 0.322 e. The van der Waals surface area contributed by atoms with Crippen LogP contribution in [0.5, 0.6) is 5.75 Å². The van der Waals surface area contributed by atoms with Crippen molar-refractivity contribution < 1.29 is 9.53 Å². The highest BCUT2D eigenvalue weighted by Gasteiger charge is 2.30. The third-order valence-corrected chi connectivity index (χ3v) is 4.69. The normalized spacial score (nSPS) is 17.0. The van der Waals surface area contributed by atoms with Crippen molar-refractivity contribution in [1.29, 1.82) is 0 Å². The van der Waals surface area contributed by atoms with Crippen LogP contribution in [0.3, 0.4) is 0 Å². The van der Waals surface area contributed by atoms with Crippen LogP contribution in [0.15, 0.2) is 42.5 Å². The van der Waals surface area contributed by atoms with Gasteiger partial charge < -0.3 is 15.0 Å². The number of urea groups is 1. The quantitative estimate of drug-likeness (QED) is 0.848. The van der Waals surface area contributed by atoms with Gasteiger partial charge in [0.1, 0.15) is 5.75 Å². The molecule has 0 bridgehead atoms. The monoisotopic (exact) mass is 344 g/mol. The van der Waals surface area contributed by atoms with Gasteiger partial charge in [-0.25, -0.2) is 4.79 Å². The minimum atomic E-state index is -0.0846. The summed E-state index contributed by atoms with van der Waals surface area (Å²) in [6, 6.07) is 13.4. The largest absolute Gasteiger partial charge is 0.497 e. The number of carbonyl (C=O) groups excluding carboxylic acids is 1. The molecule has 0 aromatic heterocycles. The van der Waals surface area contributed by atoms with Crippen molar-refractivity contribution in [3.05, 3.63) is 58.6 Å². The molecule has 5 heteroatoms. The van der Waals surface area contributed by atoms with Crippen molar-refractivity contribution in [2.45, 2.75) is 25.8 Å². The molecule has 0 saturated carbocycles. The van der Waals surface area contributed by atoms with Gasteiger partial charge in [-0.1, -0.05) is 29.8 Å². The molecule has 0 radical (unpaired) electrons. The molecule has 3 rings (SSSR count). The van der Waals surface area contributed by atoms with Gasteiger partial charge in [0, 0.05) is 17.3 Å². The Balaban J connectivity index is 1.76. The molecule has 126 valence electrons. The van der Waals surface area contributed by atoms with Gasteiger partial charge in [-0.05, 0) is 55.2 Å². The molecule has 1 atom stereocenters. The molecular weight excluding hydrogens is 324 g/mol. The van der Waals surface area contributed by atoms with E-state index in [4.69, 9.17) is 16.3 Å². The standard InChI is InChI=1S/C19H21ClN2O2/c1-13-5-8-15(20)12-17(13)21-19(23)22-11-3-4-18(22)14-6-9-16(24-2)10-7-14/h5-10,12,18H,3-4,11H2,1-2H3,(H,21,23)/t18-/m1/s1. The number of likely N-dealkylation sites (tertiary alicyclic amines) is 1. The number of aryl methyl sites for hydroxylation is 1. The Morgan fingerprint density at radius 3 is 2.71 bits per heavy atom. The van der Waals surface area contributed by atoms with E-state index in [-0.39, 0.29) is 12.1 Å². The second kappa shape index (κ2) is 7.14. The zero-order valence-corrected chi connectivity index (χ0v) is 14.6. The summed E-state index contributed by atoms with van der Waals surface area (Å²) in [6.45, 7) is 2.71. The molecule has 1 aliphatic rings. The predicted molar refractivity (Wildman–Crippen MR) is 96.9 cm³/mol. The number of methoxy groups -OCH3 is 1. The van der Waals surface area contributed by atoms with Crippen LogP contribution in [0.2, 0.25) is 5.02 Å². The van der Waals surface area contributed by atoms with E-state index in [0.717, 1.165) is 42.0 Å². The van der Waals surface area contributed by atoms with Gasteiger partial charge in [0.15, 0.2) is 0 Å². The van der Waals surface area contributed by atoms with Gasteiger partial charge in [-0.3, -0.25) is 0 Å². The van der Waals surface area contributed by atoms with Gasteiger partial charge in [-0.15, -0.1) is 0 Å². The molecule has 4 nitrogen and oxygen atoms in total. The number of carbonyl (C=O) groups is 1. The maximum atomic E-state index is 12.7. The lowest BCUT2D eigenvalue weighted by molar-refractivity contribution is 0.207. The number of rotatable bonds is 3. The lowest BCUT2D eigenvalue weighted by Gasteiger charge is -2.26. The number of amides is 2. The van der Waals surface area contributed by atoms with Crippen LogP contribution in [-0.2, 0) is 0 Å². The number of ether oxygens (including phenoxy) is 1. The molecule has 0 spiro atoms. The second-order valence-corrected chi connectivity index (χ2v) is 6.45. The summed E-state index contributed by atoms with van der Waals surface area (Å²) in [4.78, 5) is 14.6. The van der Waals surface area contributed by atoms with Gasteiger partial charge in [0.05, 0.1) is 13.2 Å². The van der Waals surface area contributed by atoms with Crippen molar-refractivity contribution in [2.75, 3.05) is 19.0 Å². The van der Waals surface area contributed by atoms with Gasteiger partial charge in [-0.2, -0.15) is 0 Å². The number of hydrogen-bond donors (Lipinski definition) is 1. The Labute approximate surface area is 147 Å². The van der Waals surface area contributed by atoms with E-state index >= 15 is 0 Å². The number of benzene rings is 2. The molecule has 1 N–H and O–H groups in total. The first kappa shape index (κ1) is 16.7. The van der Waals surface area contributed by atoms with Crippen molar-refractivity contribution >= 4 is 23.3 Å². The average molecular weight is 345 g/mol. The third kappa shape index (κ3) is 3.49. The van der Waals surface area contributed by atoms with Crippen molar-refractivity contribution in [1.82, 2.24) is 4.90 Å². The predicted octanol–water partition coefficient (Wildman–Crippen LogP) is 5.03. The first-order chi connectivity index (χ1) is 11.6. The molecule has 2 aromatic rings. The number of hydrogen-bond acceptors (Lipinski definition) is 2. The Bertz CT molecular complexity index is 731. The summed E-state index contributed by atoms with van der Waals surface area (Å²) < 4.78 is 5.20. The number of anilines is 1. The molecule has 1 saturated heterocycles. The van der Waals surface area contributed by atoms with E-state index in [1.165, 1.54) is 0 Å². The molecule has 0 aliphatic carbocycles. The van der Waals surface area contributed by atoms with Crippen LogP contribution in [-0.4, -0.2) is 24.6 Å². The highest BCUT2D eigenvalue weighted by molar-refractivity contribution is 6.31. The maximum Gasteiger partial charge on any atom is 0.322 e. The van der Waals surface area contributed by atoms with E-state index in [0.29, 0.717) is 5.02 Å². The topological polar surface area (TPSA) is 41.6 Å². The fourth-order valence-electron chi connectivity index (χ4n) is 3.10. The van der Waals surface area contributed by atoms with Gasteiger partial charge in [0.25, 0.3) is 0 Å². The van der Waals surface area contributed by atoms with Crippen LogP contribution in [0.4, 0.5) is 10.5 Å². The Hall–Kier alpha value is -2.20. The van der Waals surface area contributed by atoms with E-state index in [1.54, 1.807) is 13.2 Å². The van der Waals surface area contributed by atoms with Crippen molar-refractivity contribution in [2.24, 2.45) is 0 Å². The van der Waals surface area contributed by atoms with Crippen molar-refractivity contribution in [3.8, 4) is 5.75 Å². The molecule has 1 fully saturated rings. The third-order valence-electron chi connectivity index (χ3n) is 4.46. The summed E-state index contributed by atoms with van der Waals surface area (Å²) in [5, 5.41) is 3.61. The fourth-order valence-corrected chi connectivity index (χ4v) is 3.27. The van der Waals surface area contributed by atoms with E-state index in [2.05, 4.69) is 5.32 Å². The van der Waals surface area contributed by atoms with Gasteiger partial charge in [0.2, 0.25) is 0 Å². The first-order valence-electron chi connectivity index (χ1n) is 8.06. The SMILES string of the molecule is COc1ccc([C@H]2CCCN2C(=O)Nc2cc(Cl)ccc2C)cc1. The molecule has 0 unspecified atom stereocenters.